The van der Waals surface area contributed by atoms with Crippen LogP contribution in [0.1, 0.15) is 42.9 Å². The zero-order valence-corrected chi connectivity index (χ0v) is 15.5. The Labute approximate surface area is 156 Å². The Morgan fingerprint density at radius 1 is 1.41 bits per heavy atom. The highest BCUT2D eigenvalue weighted by Crippen LogP contribution is 2.49. The van der Waals surface area contributed by atoms with Crippen LogP contribution < -0.4 is 9.80 Å². The molecule has 6 nitrogen and oxygen atoms in total. The van der Waals surface area contributed by atoms with Gasteiger partial charge in [-0.15, -0.1) is 0 Å². The SMILES string of the molecule is COC(=O)CC1CN(c2nc(N3CC[C@@H]3C)c(C#N)c3c2CCC3(F)F)C1. The minimum Gasteiger partial charge on any atom is -0.469 e. The van der Waals surface area contributed by atoms with E-state index in [0.717, 1.165) is 13.0 Å². The molecule has 2 aliphatic heterocycles. The first-order valence-corrected chi connectivity index (χ1v) is 9.29. The molecule has 3 heterocycles. The molecule has 0 spiro atoms. The average molecular weight is 376 g/mol. The van der Waals surface area contributed by atoms with Crippen molar-refractivity contribution in [3.8, 4) is 6.07 Å². The van der Waals surface area contributed by atoms with Crippen LogP contribution in [0.15, 0.2) is 0 Å². The van der Waals surface area contributed by atoms with Crippen LogP contribution in [0.5, 0.6) is 0 Å². The standard InChI is InChI=1S/C19H22F2N4O2/c1-11-4-6-25(11)18-14(8-22)16-13(3-5-19(16,20)21)17(23-18)24-9-12(10-24)7-15(26)27-2/h11-12H,3-7,9-10H2,1-2H3/t11-/m0/s1. The Morgan fingerprint density at radius 3 is 2.70 bits per heavy atom. The minimum atomic E-state index is -3.00. The van der Waals surface area contributed by atoms with E-state index in [2.05, 4.69) is 4.98 Å². The van der Waals surface area contributed by atoms with Gasteiger partial charge in [-0.1, -0.05) is 0 Å². The number of carbonyl (C=O) groups excluding carboxylic acids is 1. The molecule has 0 saturated carbocycles. The van der Waals surface area contributed by atoms with Crippen LogP contribution in [-0.4, -0.2) is 43.7 Å². The van der Waals surface area contributed by atoms with E-state index in [9.17, 15) is 18.8 Å². The van der Waals surface area contributed by atoms with Gasteiger partial charge in [-0.3, -0.25) is 4.79 Å². The number of hydrogen-bond acceptors (Lipinski definition) is 6. The number of hydrogen-bond donors (Lipinski definition) is 0. The number of methoxy groups -OCH3 is 1. The number of alkyl halides is 2. The van der Waals surface area contributed by atoms with Crippen LogP contribution in [0, 0.1) is 17.2 Å². The molecule has 0 bridgehead atoms. The van der Waals surface area contributed by atoms with E-state index in [0.29, 0.717) is 36.7 Å². The van der Waals surface area contributed by atoms with Crippen molar-refractivity contribution in [3.05, 3.63) is 16.7 Å². The molecule has 2 saturated heterocycles. The maximum Gasteiger partial charge on any atom is 0.305 e. The number of carbonyl (C=O) groups is 1. The number of esters is 1. The van der Waals surface area contributed by atoms with Crippen molar-refractivity contribution in [1.29, 1.82) is 5.26 Å². The van der Waals surface area contributed by atoms with Gasteiger partial charge in [0.2, 0.25) is 0 Å². The number of pyridine rings is 1. The summed E-state index contributed by atoms with van der Waals surface area (Å²) in [6, 6.07) is 2.19. The fraction of sp³-hybridized carbons (Fsp3) is 0.632. The Balaban J connectivity index is 1.71. The third-order valence-corrected chi connectivity index (χ3v) is 5.96. The molecule has 2 fully saturated rings. The molecule has 1 atom stereocenters. The molecule has 27 heavy (non-hydrogen) atoms. The second-order valence-corrected chi connectivity index (χ2v) is 7.69. The number of ether oxygens (including phenoxy) is 1. The number of nitrogens with zero attached hydrogens (tertiary/aromatic N) is 4. The van der Waals surface area contributed by atoms with Crippen molar-refractivity contribution < 1.29 is 18.3 Å². The van der Waals surface area contributed by atoms with Gasteiger partial charge in [0.15, 0.2) is 0 Å². The van der Waals surface area contributed by atoms with Gasteiger partial charge in [0.1, 0.15) is 23.3 Å². The summed E-state index contributed by atoms with van der Waals surface area (Å²) in [5.41, 5.74) is 0.375. The van der Waals surface area contributed by atoms with E-state index in [1.807, 2.05) is 22.8 Å². The highest BCUT2D eigenvalue weighted by Gasteiger charge is 2.47. The lowest BCUT2D eigenvalue weighted by atomic mass is 9.94. The molecule has 144 valence electrons. The lowest BCUT2D eigenvalue weighted by molar-refractivity contribution is -0.141. The summed E-state index contributed by atoms with van der Waals surface area (Å²) in [7, 11) is 1.36. The summed E-state index contributed by atoms with van der Waals surface area (Å²) in [5.74, 6) is -2.20. The minimum absolute atomic E-state index is 0.0226. The van der Waals surface area contributed by atoms with Gasteiger partial charge in [0.05, 0.1) is 13.5 Å². The van der Waals surface area contributed by atoms with Crippen LogP contribution in [0.2, 0.25) is 0 Å². The molecular formula is C19H22F2N4O2. The zero-order valence-electron chi connectivity index (χ0n) is 15.5. The van der Waals surface area contributed by atoms with E-state index in [4.69, 9.17) is 4.74 Å². The van der Waals surface area contributed by atoms with Crippen molar-refractivity contribution in [3.63, 3.8) is 0 Å². The van der Waals surface area contributed by atoms with Crippen LogP contribution in [-0.2, 0) is 21.9 Å². The number of rotatable bonds is 4. The van der Waals surface area contributed by atoms with Crippen LogP contribution in [0.25, 0.3) is 0 Å². The molecule has 4 rings (SSSR count). The van der Waals surface area contributed by atoms with Gasteiger partial charge in [0, 0.05) is 49.1 Å². The number of halogens is 2. The summed E-state index contributed by atoms with van der Waals surface area (Å²) in [5, 5.41) is 9.62. The molecular weight excluding hydrogens is 354 g/mol. The van der Waals surface area contributed by atoms with Crippen molar-refractivity contribution in [2.75, 3.05) is 36.5 Å². The van der Waals surface area contributed by atoms with Gasteiger partial charge in [-0.05, 0) is 19.8 Å². The van der Waals surface area contributed by atoms with Gasteiger partial charge in [0.25, 0.3) is 5.92 Å². The quantitative estimate of drug-likeness (QED) is 0.753. The molecule has 1 aliphatic carbocycles. The Hall–Kier alpha value is -2.43. The van der Waals surface area contributed by atoms with E-state index < -0.39 is 5.92 Å². The maximum absolute atomic E-state index is 14.6. The first-order chi connectivity index (χ1) is 12.9. The molecule has 0 unspecified atom stereocenters. The molecule has 3 aliphatic rings. The van der Waals surface area contributed by atoms with Gasteiger partial charge < -0.3 is 14.5 Å². The van der Waals surface area contributed by atoms with Crippen LogP contribution in [0.4, 0.5) is 20.4 Å². The lowest BCUT2D eigenvalue weighted by Crippen LogP contribution is -2.50. The maximum atomic E-state index is 14.6. The Morgan fingerprint density at radius 2 is 2.15 bits per heavy atom. The summed E-state index contributed by atoms with van der Waals surface area (Å²) in [6.45, 7) is 3.90. The summed E-state index contributed by atoms with van der Waals surface area (Å²) in [6.07, 6.45) is 1.20. The zero-order chi connectivity index (χ0) is 19.3. The topological polar surface area (TPSA) is 69.5 Å². The summed E-state index contributed by atoms with van der Waals surface area (Å²) >= 11 is 0. The normalized spacial score (nSPS) is 23.3. The highest BCUT2D eigenvalue weighted by atomic mass is 19.3. The number of nitriles is 1. The lowest BCUT2D eigenvalue weighted by Gasteiger charge is -2.43. The van der Waals surface area contributed by atoms with E-state index >= 15 is 0 Å². The summed E-state index contributed by atoms with van der Waals surface area (Å²) in [4.78, 5) is 20.0. The number of anilines is 2. The summed E-state index contributed by atoms with van der Waals surface area (Å²) < 4.78 is 34.0. The molecule has 0 N–H and O–H groups in total. The average Bonchev–Trinajstić information content (AvgIpc) is 2.91. The second kappa shape index (κ2) is 6.32. The van der Waals surface area contributed by atoms with Crippen molar-refractivity contribution in [2.45, 2.75) is 44.6 Å². The van der Waals surface area contributed by atoms with Gasteiger partial charge in [-0.2, -0.15) is 5.26 Å². The predicted octanol–water partition coefficient (Wildman–Crippen LogP) is 2.59. The monoisotopic (exact) mass is 376 g/mol. The van der Waals surface area contributed by atoms with E-state index in [1.54, 1.807) is 0 Å². The Kier molecular flexibility index (Phi) is 4.21. The molecule has 0 radical (unpaired) electrons. The Bertz CT molecular complexity index is 830. The smallest absolute Gasteiger partial charge is 0.305 e. The number of aromatic nitrogens is 1. The first kappa shape index (κ1) is 18.0. The molecule has 1 aromatic heterocycles. The van der Waals surface area contributed by atoms with E-state index in [1.165, 1.54) is 7.11 Å². The largest absolute Gasteiger partial charge is 0.469 e. The third kappa shape index (κ3) is 2.80. The molecule has 8 heteroatoms. The fourth-order valence-electron chi connectivity index (χ4n) is 4.24. The van der Waals surface area contributed by atoms with Crippen LogP contribution in [0.3, 0.4) is 0 Å². The highest BCUT2D eigenvalue weighted by molar-refractivity contribution is 5.72. The predicted molar refractivity (Wildman–Crippen MR) is 94.9 cm³/mol. The first-order valence-electron chi connectivity index (χ1n) is 9.29. The van der Waals surface area contributed by atoms with Crippen LogP contribution >= 0.6 is 0 Å². The van der Waals surface area contributed by atoms with Crippen molar-refractivity contribution in [1.82, 2.24) is 4.98 Å². The molecule has 0 amide bonds. The second-order valence-electron chi connectivity index (χ2n) is 7.69. The molecule has 1 aromatic rings. The van der Waals surface area contributed by atoms with E-state index in [-0.39, 0.29) is 41.9 Å². The van der Waals surface area contributed by atoms with Crippen molar-refractivity contribution >= 4 is 17.6 Å². The van der Waals surface area contributed by atoms with Gasteiger partial charge >= 0.3 is 5.97 Å². The number of fused-ring (bicyclic) bond motifs is 1. The fourth-order valence-corrected chi connectivity index (χ4v) is 4.24. The molecule has 0 aromatic carbocycles. The van der Waals surface area contributed by atoms with Gasteiger partial charge in [-0.25, -0.2) is 13.8 Å². The van der Waals surface area contributed by atoms with Crippen molar-refractivity contribution in [2.24, 2.45) is 5.92 Å². The third-order valence-electron chi connectivity index (χ3n) is 5.96.